The van der Waals surface area contributed by atoms with E-state index in [-0.39, 0.29) is 24.8 Å². The minimum absolute atomic E-state index is 0.170. The second-order valence-electron chi connectivity index (χ2n) is 9.00. The van der Waals surface area contributed by atoms with E-state index in [0.29, 0.717) is 18.0 Å². The molecule has 0 aliphatic carbocycles. The number of hydrogen-bond donors (Lipinski definition) is 3. The van der Waals surface area contributed by atoms with Crippen LogP contribution in [0.1, 0.15) is 44.7 Å². The van der Waals surface area contributed by atoms with E-state index in [1.54, 1.807) is 0 Å². The summed E-state index contributed by atoms with van der Waals surface area (Å²) < 4.78 is 0. The van der Waals surface area contributed by atoms with Gasteiger partial charge in [-0.3, -0.25) is 19.6 Å². The number of hydroxylamine groups is 2. The van der Waals surface area contributed by atoms with Crippen LogP contribution in [0.15, 0.2) is 60.7 Å². The molecule has 178 valence electrons. The van der Waals surface area contributed by atoms with E-state index in [4.69, 9.17) is 0 Å². The minimum Gasteiger partial charge on any atom is -0.350 e. The number of nitrogens with zero attached hydrogens (tertiary/aromatic N) is 1. The first-order valence-electron chi connectivity index (χ1n) is 11.3. The number of carbonyl (C=O) groups excluding carboxylic acids is 3. The lowest BCUT2D eigenvalue weighted by Gasteiger charge is -2.35. The lowest BCUT2D eigenvalue weighted by molar-refractivity contribution is -0.155. The maximum absolute atomic E-state index is 13.3. The van der Waals surface area contributed by atoms with Gasteiger partial charge >= 0.3 is 0 Å². The highest BCUT2D eigenvalue weighted by Crippen LogP contribution is 2.28. The number of nitrogens with one attached hydrogen (secondary N) is 2. The monoisotopic (exact) mass is 453 g/mol. The minimum atomic E-state index is -0.768. The standard InChI is InChI=1S/C26H35N3O4/c1-4-15-26(2,3)23(25(32)27-17-21-13-9-6-10-14-21)28-24(31)22(18-29(33)19-30)16-20-11-7-5-8-12-20/h5-14,19,22-23,33H,4,15-18H2,1-3H3,(H,27,32)(H,28,31). The van der Waals surface area contributed by atoms with E-state index >= 15 is 0 Å². The highest BCUT2D eigenvalue weighted by atomic mass is 16.5. The molecule has 2 aromatic rings. The van der Waals surface area contributed by atoms with Gasteiger partial charge in [-0.2, -0.15) is 0 Å². The summed E-state index contributed by atoms with van der Waals surface area (Å²) in [6, 6.07) is 18.2. The van der Waals surface area contributed by atoms with Gasteiger partial charge < -0.3 is 10.6 Å². The van der Waals surface area contributed by atoms with E-state index in [2.05, 4.69) is 10.6 Å². The van der Waals surface area contributed by atoms with Crippen molar-refractivity contribution in [2.24, 2.45) is 11.3 Å². The molecule has 0 aromatic heterocycles. The van der Waals surface area contributed by atoms with E-state index in [9.17, 15) is 19.6 Å². The van der Waals surface area contributed by atoms with Crippen molar-refractivity contribution in [3.8, 4) is 0 Å². The first kappa shape index (κ1) is 26.1. The van der Waals surface area contributed by atoms with Gasteiger partial charge in [0.25, 0.3) is 0 Å². The van der Waals surface area contributed by atoms with Crippen LogP contribution in [0, 0.1) is 11.3 Å². The number of hydrogen-bond acceptors (Lipinski definition) is 4. The first-order chi connectivity index (χ1) is 15.8. The molecule has 0 fully saturated rings. The summed E-state index contributed by atoms with van der Waals surface area (Å²) >= 11 is 0. The molecule has 2 unspecified atom stereocenters. The molecule has 0 heterocycles. The summed E-state index contributed by atoms with van der Waals surface area (Å²) in [5, 5.41) is 16.1. The average molecular weight is 454 g/mol. The molecule has 33 heavy (non-hydrogen) atoms. The Kier molecular flexibility index (Phi) is 10.1. The van der Waals surface area contributed by atoms with Gasteiger partial charge in [-0.25, -0.2) is 5.06 Å². The summed E-state index contributed by atoms with van der Waals surface area (Å²) in [4.78, 5) is 37.5. The van der Waals surface area contributed by atoms with Crippen LogP contribution in [0.2, 0.25) is 0 Å². The molecule has 0 spiro atoms. The van der Waals surface area contributed by atoms with E-state index < -0.39 is 17.4 Å². The molecule has 3 N–H and O–H groups in total. The first-order valence-corrected chi connectivity index (χ1v) is 11.3. The third-order valence-corrected chi connectivity index (χ3v) is 5.76. The molecular weight excluding hydrogens is 418 g/mol. The predicted molar refractivity (Wildman–Crippen MR) is 127 cm³/mol. The molecule has 3 amide bonds. The van der Waals surface area contributed by atoms with Crippen molar-refractivity contribution in [3.63, 3.8) is 0 Å². The molecule has 0 radical (unpaired) electrons. The number of rotatable bonds is 13. The van der Waals surface area contributed by atoms with Crippen molar-refractivity contribution in [1.29, 1.82) is 0 Å². The molecule has 0 aliphatic rings. The Labute approximate surface area is 196 Å². The zero-order valence-electron chi connectivity index (χ0n) is 19.7. The zero-order valence-corrected chi connectivity index (χ0v) is 19.7. The van der Waals surface area contributed by atoms with Gasteiger partial charge in [0.15, 0.2) is 0 Å². The summed E-state index contributed by atoms with van der Waals surface area (Å²) in [5.74, 6) is -1.37. The molecule has 2 rings (SSSR count). The van der Waals surface area contributed by atoms with E-state index in [1.165, 1.54) is 0 Å². The van der Waals surface area contributed by atoms with Gasteiger partial charge in [-0.1, -0.05) is 87.9 Å². The second-order valence-corrected chi connectivity index (χ2v) is 9.00. The van der Waals surface area contributed by atoms with Crippen LogP contribution in [0.25, 0.3) is 0 Å². The maximum atomic E-state index is 13.3. The summed E-state index contributed by atoms with van der Waals surface area (Å²) in [7, 11) is 0. The highest BCUT2D eigenvalue weighted by Gasteiger charge is 2.37. The molecular formula is C26H35N3O4. The topological polar surface area (TPSA) is 98.7 Å². The Bertz CT molecular complexity index is 887. The van der Waals surface area contributed by atoms with Gasteiger partial charge in [0, 0.05) is 6.54 Å². The van der Waals surface area contributed by atoms with E-state index in [1.807, 2.05) is 81.4 Å². The number of carbonyl (C=O) groups is 3. The lowest BCUT2D eigenvalue weighted by atomic mass is 9.79. The van der Waals surface area contributed by atoms with Crippen LogP contribution in [0.4, 0.5) is 0 Å². The van der Waals surface area contributed by atoms with Gasteiger partial charge in [0.1, 0.15) is 6.04 Å². The van der Waals surface area contributed by atoms with Gasteiger partial charge in [-0.05, 0) is 29.4 Å². The normalized spacial score (nSPS) is 13.0. The summed E-state index contributed by atoms with van der Waals surface area (Å²) in [6.45, 7) is 6.14. The third kappa shape index (κ3) is 8.35. The van der Waals surface area contributed by atoms with Crippen LogP contribution in [0.3, 0.4) is 0 Å². The Morgan fingerprint density at radius 1 is 1.00 bits per heavy atom. The van der Waals surface area contributed by atoms with Gasteiger partial charge in [0.2, 0.25) is 18.2 Å². The molecule has 2 aromatic carbocycles. The van der Waals surface area contributed by atoms with Crippen molar-refractivity contribution in [1.82, 2.24) is 15.7 Å². The van der Waals surface area contributed by atoms with Crippen LogP contribution in [-0.2, 0) is 27.3 Å². The Balaban J connectivity index is 2.20. The largest absolute Gasteiger partial charge is 0.350 e. The fraction of sp³-hybridized carbons (Fsp3) is 0.423. The second kappa shape index (κ2) is 12.7. The maximum Gasteiger partial charge on any atom is 0.243 e. The molecule has 0 aliphatic heterocycles. The predicted octanol–water partition coefficient (Wildman–Crippen LogP) is 3.32. The fourth-order valence-corrected chi connectivity index (χ4v) is 3.96. The Morgan fingerprint density at radius 2 is 1.58 bits per heavy atom. The van der Waals surface area contributed by atoms with Crippen molar-refractivity contribution in [2.75, 3.05) is 6.54 Å². The Morgan fingerprint density at radius 3 is 2.12 bits per heavy atom. The van der Waals surface area contributed by atoms with Crippen LogP contribution < -0.4 is 10.6 Å². The quantitative estimate of drug-likeness (QED) is 0.246. The Hall–Kier alpha value is -3.19. The van der Waals surface area contributed by atoms with Crippen molar-refractivity contribution in [2.45, 2.75) is 52.6 Å². The zero-order chi connectivity index (χ0) is 24.3. The smallest absolute Gasteiger partial charge is 0.243 e. The average Bonchev–Trinajstić information content (AvgIpc) is 2.81. The van der Waals surface area contributed by atoms with Crippen LogP contribution >= 0.6 is 0 Å². The molecule has 7 heteroatoms. The van der Waals surface area contributed by atoms with Gasteiger partial charge in [0.05, 0.1) is 12.5 Å². The van der Waals surface area contributed by atoms with Crippen molar-refractivity contribution in [3.05, 3.63) is 71.8 Å². The van der Waals surface area contributed by atoms with Gasteiger partial charge in [-0.15, -0.1) is 0 Å². The van der Waals surface area contributed by atoms with Crippen LogP contribution in [0.5, 0.6) is 0 Å². The molecule has 0 saturated heterocycles. The molecule has 7 nitrogen and oxygen atoms in total. The summed E-state index contributed by atoms with van der Waals surface area (Å²) in [6.07, 6.45) is 2.19. The van der Waals surface area contributed by atoms with Crippen molar-refractivity contribution >= 4 is 18.2 Å². The third-order valence-electron chi connectivity index (χ3n) is 5.76. The highest BCUT2D eigenvalue weighted by molar-refractivity contribution is 5.89. The molecule has 0 bridgehead atoms. The SMILES string of the molecule is CCCC(C)(C)C(NC(=O)C(Cc1ccccc1)CN(O)C=O)C(=O)NCc1ccccc1. The number of benzene rings is 2. The molecule has 2 atom stereocenters. The van der Waals surface area contributed by atoms with Crippen molar-refractivity contribution < 1.29 is 19.6 Å². The number of amides is 3. The summed E-state index contributed by atoms with van der Waals surface area (Å²) in [5.41, 5.74) is 1.37. The lowest BCUT2D eigenvalue weighted by Crippen LogP contribution is -2.56. The van der Waals surface area contributed by atoms with E-state index in [0.717, 1.165) is 24.0 Å². The molecule has 0 saturated carbocycles. The van der Waals surface area contributed by atoms with Crippen LogP contribution in [-0.4, -0.2) is 41.1 Å². The fourth-order valence-electron chi connectivity index (χ4n) is 3.96.